The fraction of sp³-hybridized carbons (Fsp3) is 0.250. The number of carbonyl (C=O) groups excluding carboxylic acids is 3. The molecule has 3 rings (SSSR count). The average Bonchev–Trinajstić information content (AvgIpc) is 2.95. The molecule has 1 heterocycles. The molecule has 3 aromatic rings. The molecule has 1 aromatic heterocycles. The van der Waals surface area contributed by atoms with E-state index in [-0.39, 0.29) is 19.0 Å². The number of hydrogen-bond donors (Lipinski definition) is 6. The Bertz CT molecular complexity index is 1330. The number of aromatic nitrogens is 2. The van der Waals surface area contributed by atoms with Crippen LogP contribution in [0.4, 0.5) is 17.5 Å². The summed E-state index contributed by atoms with van der Waals surface area (Å²) in [6.07, 6.45) is 5.66. The molecule has 8 N–H and O–H groups in total. The molecule has 0 aliphatic rings. The van der Waals surface area contributed by atoms with E-state index in [9.17, 15) is 14.4 Å². The Morgan fingerprint density at radius 1 is 1.05 bits per heavy atom. The number of nitrogens with two attached hydrogens (primary N) is 2. The van der Waals surface area contributed by atoms with Gasteiger partial charge in [-0.3, -0.25) is 19.4 Å². The average molecular weight is 546 g/mol. The van der Waals surface area contributed by atoms with Crippen LogP contribution in [0, 0.1) is 0 Å². The maximum Gasteiger partial charge on any atom is 0.256 e. The van der Waals surface area contributed by atoms with Gasteiger partial charge in [-0.1, -0.05) is 37.3 Å². The first-order valence-electron chi connectivity index (χ1n) is 12.8. The summed E-state index contributed by atoms with van der Waals surface area (Å²) in [5.41, 5.74) is 8.95. The Morgan fingerprint density at radius 3 is 2.42 bits per heavy atom. The summed E-state index contributed by atoms with van der Waals surface area (Å²) < 4.78 is 0. The molecule has 0 fully saturated rings. The van der Waals surface area contributed by atoms with Gasteiger partial charge < -0.3 is 27.0 Å². The Labute approximate surface area is 233 Å². The Hall–Kier alpha value is -4.81. The fourth-order valence-electron chi connectivity index (χ4n) is 3.56. The van der Waals surface area contributed by atoms with E-state index in [1.54, 1.807) is 43.6 Å². The molecular formula is C28H35N9O3. The van der Waals surface area contributed by atoms with E-state index in [1.807, 2.05) is 24.3 Å². The number of likely N-dealkylation sites (N-methyl/N-ethyl adjacent to an activating group) is 1. The number of nitrogens with one attached hydrogen (secondary N) is 4. The van der Waals surface area contributed by atoms with Crippen molar-refractivity contribution in [3.63, 3.8) is 0 Å². The minimum atomic E-state index is -0.493. The molecule has 0 aliphatic heterocycles. The zero-order valence-electron chi connectivity index (χ0n) is 22.6. The molecule has 12 heteroatoms. The third kappa shape index (κ3) is 8.89. The van der Waals surface area contributed by atoms with Crippen molar-refractivity contribution in [3.8, 4) is 11.1 Å². The third-order valence-corrected chi connectivity index (χ3v) is 5.70. The van der Waals surface area contributed by atoms with Gasteiger partial charge in [0.05, 0.1) is 13.1 Å². The number of anilines is 3. The van der Waals surface area contributed by atoms with Gasteiger partial charge in [0.15, 0.2) is 0 Å². The Kier molecular flexibility index (Phi) is 11.1. The molecule has 0 bridgehead atoms. The molecule has 210 valence electrons. The smallest absolute Gasteiger partial charge is 0.256 e. The molecule has 12 nitrogen and oxygen atoms in total. The highest BCUT2D eigenvalue weighted by molar-refractivity contribution is 5.93. The van der Waals surface area contributed by atoms with Gasteiger partial charge in [0.25, 0.3) is 5.91 Å². The van der Waals surface area contributed by atoms with Crippen LogP contribution in [0.5, 0.6) is 0 Å². The lowest BCUT2D eigenvalue weighted by molar-refractivity contribution is -0.132. The van der Waals surface area contributed by atoms with E-state index in [4.69, 9.17) is 11.6 Å². The number of primary amides is 1. The zero-order chi connectivity index (χ0) is 28.9. The molecule has 3 amide bonds. The lowest BCUT2D eigenvalue weighted by Gasteiger charge is -2.17. The second-order valence-corrected chi connectivity index (χ2v) is 8.85. The van der Waals surface area contributed by atoms with Gasteiger partial charge in [0.1, 0.15) is 5.82 Å². The number of benzene rings is 2. The van der Waals surface area contributed by atoms with Crippen molar-refractivity contribution in [3.05, 3.63) is 78.0 Å². The van der Waals surface area contributed by atoms with E-state index in [0.717, 1.165) is 34.7 Å². The monoisotopic (exact) mass is 545 g/mol. The lowest BCUT2D eigenvalue weighted by atomic mass is 10.1. The predicted molar refractivity (Wildman–Crippen MR) is 155 cm³/mol. The highest BCUT2D eigenvalue weighted by Crippen LogP contribution is 2.28. The number of hydrazine groups is 1. The van der Waals surface area contributed by atoms with Gasteiger partial charge in [-0.05, 0) is 48.9 Å². The van der Waals surface area contributed by atoms with Crippen LogP contribution in [0.2, 0.25) is 0 Å². The first-order chi connectivity index (χ1) is 19.3. The Morgan fingerprint density at radius 2 is 1.77 bits per heavy atom. The van der Waals surface area contributed by atoms with Crippen molar-refractivity contribution in [2.75, 3.05) is 37.3 Å². The van der Waals surface area contributed by atoms with Crippen LogP contribution < -0.4 is 32.8 Å². The summed E-state index contributed by atoms with van der Waals surface area (Å²) in [7, 11) is 1.77. The number of carbonyl (C=O) groups is 3. The molecule has 0 spiro atoms. The van der Waals surface area contributed by atoms with Crippen molar-refractivity contribution < 1.29 is 14.4 Å². The van der Waals surface area contributed by atoms with Crippen LogP contribution in [0.3, 0.4) is 0 Å². The molecule has 2 aromatic carbocycles. The van der Waals surface area contributed by atoms with E-state index < -0.39 is 11.8 Å². The minimum Gasteiger partial charge on any atom is -0.369 e. The normalized spacial score (nSPS) is 10.8. The highest BCUT2D eigenvalue weighted by Gasteiger charge is 2.13. The topological polar surface area (TPSA) is 180 Å². The van der Waals surface area contributed by atoms with Crippen LogP contribution >= 0.6 is 0 Å². The number of nitrogens with zero attached hydrogens (tertiary/aromatic N) is 3. The number of amides is 3. The molecule has 0 saturated carbocycles. The van der Waals surface area contributed by atoms with E-state index >= 15 is 0 Å². The zero-order valence-corrected chi connectivity index (χ0v) is 22.6. The fourth-order valence-corrected chi connectivity index (χ4v) is 3.56. The second kappa shape index (κ2) is 15.0. The van der Waals surface area contributed by atoms with Gasteiger partial charge in [0.2, 0.25) is 17.8 Å². The maximum absolute atomic E-state index is 12.3. The summed E-state index contributed by atoms with van der Waals surface area (Å²) in [5.74, 6) is 5.73. The predicted octanol–water partition coefficient (Wildman–Crippen LogP) is 1.90. The van der Waals surface area contributed by atoms with Crippen molar-refractivity contribution in [1.82, 2.24) is 25.6 Å². The number of rotatable bonds is 14. The van der Waals surface area contributed by atoms with Gasteiger partial charge in [-0.2, -0.15) is 4.98 Å². The van der Waals surface area contributed by atoms with Crippen LogP contribution in [0.15, 0.2) is 66.9 Å². The number of hydrogen-bond acceptors (Lipinski definition) is 9. The van der Waals surface area contributed by atoms with E-state index in [0.29, 0.717) is 29.6 Å². The second-order valence-electron chi connectivity index (χ2n) is 8.85. The third-order valence-electron chi connectivity index (χ3n) is 5.70. The molecule has 0 aliphatic carbocycles. The van der Waals surface area contributed by atoms with Gasteiger partial charge in [-0.15, -0.1) is 0 Å². The molecule has 0 saturated heterocycles. The molecule has 0 atom stereocenters. The van der Waals surface area contributed by atoms with Crippen LogP contribution in [0.1, 0.15) is 29.3 Å². The van der Waals surface area contributed by atoms with Crippen molar-refractivity contribution in [2.24, 2.45) is 11.6 Å². The van der Waals surface area contributed by atoms with E-state index in [2.05, 4.69) is 38.2 Å². The van der Waals surface area contributed by atoms with Gasteiger partial charge >= 0.3 is 0 Å². The first kappa shape index (κ1) is 29.7. The lowest BCUT2D eigenvalue weighted by Crippen LogP contribution is -2.43. The summed E-state index contributed by atoms with van der Waals surface area (Å²) in [6.45, 7) is 3.32. The maximum atomic E-state index is 12.3. The Balaban J connectivity index is 1.66. The summed E-state index contributed by atoms with van der Waals surface area (Å²) >= 11 is 0. The quantitative estimate of drug-likeness (QED) is 0.0763. The molecule has 40 heavy (non-hydrogen) atoms. The van der Waals surface area contributed by atoms with Crippen LogP contribution in [-0.4, -0.2) is 59.4 Å². The first-order valence-corrected chi connectivity index (χ1v) is 12.8. The van der Waals surface area contributed by atoms with Crippen molar-refractivity contribution >= 4 is 35.2 Å². The SMILES string of the molecule is CCCNc1nc(Nc2ccc(C(N)=O)cc2)ncc1-c1ccc(CN(N)C(=O)CNC(=O)/C=C/CNC)cc1. The summed E-state index contributed by atoms with van der Waals surface area (Å²) in [5, 5.41) is 13.0. The molecular weight excluding hydrogens is 510 g/mol. The summed E-state index contributed by atoms with van der Waals surface area (Å²) in [4.78, 5) is 44.5. The highest BCUT2D eigenvalue weighted by atomic mass is 16.2. The standard InChI is InChI=1S/C28H35N9O3/c1-3-14-32-27-23(16-34-28(36-27)35-22-12-10-21(11-13-22)26(29)40)20-8-6-19(7-9-20)18-37(30)25(39)17-33-24(38)5-4-15-31-2/h4-13,16,31H,3,14-15,17-18,30H2,1-2H3,(H2,29,40)(H,33,38)(H2,32,34,35,36)/b5-4+. The van der Waals surface area contributed by atoms with Crippen molar-refractivity contribution in [1.29, 1.82) is 0 Å². The molecule has 0 radical (unpaired) electrons. The largest absolute Gasteiger partial charge is 0.369 e. The summed E-state index contributed by atoms with van der Waals surface area (Å²) in [6, 6.07) is 14.3. The van der Waals surface area contributed by atoms with Gasteiger partial charge in [0, 0.05) is 42.2 Å². The van der Waals surface area contributed by atoms with Crippen molar-refractivity contribution in [2.45, 2.75) is 19.9 Å². The van der Waals surface area contributed by atoms with E-state index in [1.165, 1.54) is 6.08 Å². The molecule has 0 unspecified atom stereocenters. The van der Waals surface area contributed by atoms with Crippen LogP contribution in [0.25, 0.3) is 11.1 Å². The van der Waals surface area contributed by atoms with Gasteiger partial charge in [-0.25, -0.2) is 10.8 Å². The van der Waals surface area contributed by atoms with Crippen LogP contribution in [-0.2, 0) is 16.1 Å². The minimum absolute atomic E-state index is 0.180.